The number of halogens is 1. The molecule has 0 spiro atoms. The summed E-state index contributed by atoms with van der Waals surface area (Å²) in [5, 5.41) is 5.97. The number of nitrogens with one attached hydrogen (secondary N) is 1. The predicted octanol–water partition coefficient (Wildman–Crippen LogP) is 5.00. The van der Waals surface area contributed by atoms with Gasteiger partial charge in [0.05, 0.1) is 0 Å². The van der Waals surface area contributed by atoms with E-state index in [4.69, 9.17) is 0 Å². The second-order valence-electron chi connectivity index (χ2n) is 5.34. The molecule has 1 aliphatic carbocycles. The van der Waals surface area contributed by atoms with Gasteiger partial charge < -0.3 is 5.32 Å². The van der Waals surface area contributed by atoms with Crippen LogP contribution < -0.4 is 5.32 Å². The van der Waals surface area contributed by atoms with Crippen LogP contribution in [0.2, 0.25) is 0 Å². The van der Waals surface area contributed by atoms with Gasteiger partial charge in [0, 0.05) is 15.4 Å². The van der Waals surface area contributed by atoms with Gasteiger partial charge in [0.2, 0.25) is 0 Å². The van der Waals surface area contributed by atoms with Gasteiger partial charge in [0.1, 0.15) is 0 Å². The average molecular weight is 330 g/mol. The lowest BCUT2D eigenvalue weighted by atomic mass is 9.93. The van der Waals surface area contributed by atoms with Crippen molar-refractivity contribution in [3.8, 4) is 0 Å². The van der Waals surface area contributed by atoms with Crippen LogP contribution in [-0.4, -0.2) is 12.6 Å². The van der Waals surface area contributed by atoms with E-state index in [2.05, 4.69) is 39.6 Å². The van der Waals surface area contributed by atoms with Crippen LogP contribution in [0, 0.1) is 5.92 Å². The maximum absolute atomic E-state index is 3.78. The molecule has 1 heterocycles. The summed E-state index contributed by atoms with van der Waals surface area (Å²) in [6, 6.07) is 2.91. The normalized spacial score (nSPS) is 18.3. The standard InChI is InChI=1S/C15H24BrNS/c1-2-10-17-14(12-5-3-4-6-12)7-8-15-13(16)9-11-18-15/h9,11-12,14,17H,2-8,10H2,1H3. The molecule has 1 atom stereocenters. The summed E-state index contributed by atoms with van der Waals surface area (Å²) < 4.78 is 1.30. The van der Waals surface area contributed by atoms with Crippen LogP contribution in [0.3, 0.4) is 0 Å². The van der Waals surface area contributed by atoms with Crippen molar-refractivity contribution in [3.63, 3.8) is 0 Å². The molecule has 1 N–H and O–H groups in total. The van der Waals surface area contributed by atoms with E-state index in [1.807, 2.05) is 11.3 Å². The van der Waals surface area contributed by atoms with Crippen LogP contribution in [0.15, 0.2) is 15.9 Å². The lowest BCUT2D eigenvalue weighted by Gasteiger charge is -2.24. The van der Waals surface area contributed by atoms with Gasteiger partial charge in [-0.15, -0.1) is 11.3 Å². The molecule has 0 aromatic carbocycles. The molecular weight excluding hydrogens is 306 g/mol. The van der Waals surface area contributed by atoms with Crippen LogP contribution in [0.1, 0.15) is 50.3 Å². The Balaban J connectivity index is 1.86. The van der Waals surface area contributed by atoms with Crippen molar-refractivity contribution < 1.29 is 0 Å². The third kappa shape index (κ3) is 4.07. The highest BCUT2D eigenvalue weighted by atomic mass is 79.9. The number of hydrogen-bond acceptors (Lipinski definition) is 2. The molecule has 1 aromatic heterocycles. The Kier molecular flexibility index (Phi) is 6.19. The Bertz CT molecular complexity index is 344. The molecule has 1 nitrogen and oxygen atoms in total. The summed E-state index contributed by atoms with van der Waals surface area (Å²) >= 11 is 5.53. The van der Waals surface area contributed by atoms with Crippen molar-refractivity contribution in [2.45, 2.75) is 57.9 Å². The van der Waals surface area contributed by atoms with E-state index in [1.165, 1.54) is 60.8 Å². The van der Waals surface area contributed by atoms with E-state index in [1.54, 1.807) is 0 Å². The smallest absolute Gasteiger partial charge is 0.0314 e. The highest BCUT2D eigenvalue weighted by molar-refractivity contribution is 9.10. The zero-order valence-electron chi connectivity index (χ0n) is 11.3. The van der Waals surface area contributed by atoms with Gasteiger partial charge in [-0.05, 0) is 71.9 Å². The number of thiophene rings is 1. The molecule has 0 radical (unpaired) electrons. The lowest BCUT2D eigenvalue weighted by molar-refractivity contribution is 0.341. The Morgan fingerprint density at radius 1 is 1.44 bits per heavy atom. The molecule has 1 aromatic rings. The second kappa shape index (κ2) is 7.66. The van der Waals surface area contributed by atoms with Crippen molar-refractivity contribution in [1.29, 1.82) is 0 Å². The molecule has 3 heteroatoms. The topological polar surface area (TPSA) is 12.0 Å². The Morgan fingerprint density at radius 3 is 2.83 bits per heavy atom. The molecule has 1 saturated carbocycles. The Labute approximate surface area is 123 Å². The number of hydrogen-bond donors (Lipinski definition) is 1. The minimum Gasteiger partial charge on any atom is -0.314 e. The first-order valence-corrected chi connectivity index (χ1v) is 8.93. The molecule has 102 valence electrons. The molecular formula is C15H24BrNS. The molecule has 0 aliphatic heterocycles. The van der Waals surface area contributed by atoms with Gasteiger partial charge in [0.25, 0.3) is 0 Å². The van der Waals surface area contributed by atoms with E-state index in [-0.39, 0.29) is 0 Å². The Hall–Kier alpha value is 0.140. The van der Waals surface area contributed by atoms with Crippen molar-refractivity contribution in [3.05, 3.63) is 20.8 Å². The van der Waals surface area contributed by atoms with Gasteiger partial charge >= 0.3 is 0 Å². The molecule has 1 unspecified atom stereocenters. The van der Waals surface area contributed by atoms with E-state index < -0.39 is 0 Å². The summed E-state index contributed by atoms with van der Waals surface area (Å²) in [6.45, 7) is 3.43. The molecule has 1 fully saturated rings. The first-order chi connectivity index (χ1) is 8.81. The molecule has 1 aliphatic rings. The van der Waals surface area contributed by atoms with Gasteiger partial charge in [0.15, 0.2) is 0 Å². The van der Waals surface area contributed by atoms with Crippen LogP contribution in [0.5, 0.6) is 0 Å². The van der Waals surface area contributed by atoms with Crippen LogP contribution in [0.4, 0.5) is 0 Å². The van der Waals surface area contributed by atoms with Crippen LogP contribution in [-0.2, 0) is 6.42 Å². The summed E-state index contributed by atoms with van der Waals surface area (Å²) in [6.07, 6.45) is 9.52. The molecule has 2 rings (SSSR count). The molecule has 0 saturated heterocycles. The Morgan fingerprint density at radius 2 is 2.22 bits per heavy atom. The summed E-state index contributed by atoms with van der Waals surface area (Å²) in [4.78, 5) is 1.51. The maximum Gasteiger partial charge on any atom is 0.0314 e. The fourth-order valence-electron chi connectivity index (χ4n) is 2.98. The molecule has 0 amide bonds. The third-order valence-corrected chi connectivity index (χ3v) is 5.98. The highest BCUT2D eigenvalue weighted by Crippen LogP contribution is 2.31. The predicted molar refractivity (Wildman–Crippen MR) is 84.4 cm³/mol. The van der Waals surface area contributed by atoms with Crippen molar-refractivity contribution >= 4 is 27.3 Å². The van der Waals surface area contributed by atoms with E-state index >= 15 is 0 Å². The first kappa shape index (κ1) is 14.5. The lowest BCUT2D eigenvalue weighted by Crippen LogP contribution is -2.36. The summed E-state index contributed by atoms with van der Waals surface area (Å²) in [5.74, 6) is 0.926. The van der Waals surface area contributed by atoms with Gasteiger partial charge in [-0.3, -0.25) is 0 Å². The van der Waals surface area contributed by atoms with Crippen LogP contribution in [0.25, 0.3) is 0 Å². The summed E-state index contributed by atoms with van der Waals surface area (Å²) in [5.41, 5.74) is 0. The van der Waals surface area contributed by atoms with Crippen LogP contribution >= 0.6 is 27.3 Å². The zero-order chi connectivity index (χ0) is 12.8. The fraction of sp³-hybridized carbons (Fsp3) is 0.733. The van der Waals surface area contributed by atoms with Crippen molar-refractivity contribution in [2.24, 2.45) is 5.92 Å². The van der Waals surface area contributed by atoms with E-state index in [0.29, 0.717) is 0 Å². The summed E-state index contributed by atoms with van der Waals surface area (Å²) in [7, 11) is 0. The monoisotopic (exact) mass is 329 g/mol. The molecule has 18 heavy (non-hydrogen) atoms. The van der Waals surface area contributed by atoms with Gasteiger partial charge in [-0.1, -0.05) is 19.8 Å². The first-order valence-electron chi connectivity index (χ1n) is 7.26. The number of aryl methyl sites for hydroxylation is 1. The van der Waals surface area contributed by atoms with E-state index in [9.17, 15) is 0 Å². The fourth-order valence-corrected chi connectivity index (χ4v) is 4.55. The number of rotatable bonds is 7. The minimum absolute atomic E-state index is 0.737. The maximum atomic E-state index is 3.78. The average Bonchev–Trinajstić information content (AvgIpc) is 3.01. The third-order valence-electron chi connectivity index (χ3n) is 4.00. The van der Waals surface area contributed by atoms with E-state index in [0.717, 1.165) is 12.0 Å². The quantitative estimate of drug-likeness (QED) is 0.742. The van der Waals surface area contributed by atoms with Gasteiger partial charge in [-0.2, -0.15) is 0 Å². The van der Waals surface area contributed by atoms with Gasteiger partial charge in [-0.25, -0.2) is 0 Å². The minimum atomic E-state index is 0.737. The van der Waals surface area contributed by atoms with Crippen molar-refractivity contribution in [2.75, 3.05) is 6.54 Å². The largest absolute Gasteiger partial charge is 0.314 e. The van der Waals surface area contributed by atoms with Crippen molar-refractivity contribution in [1.82, 2.24) is 5.32 Å². The highest BCUT2D eigenvalue weighted by Gasteiger charge is 2.24. The molecule has 0 bridgehead atoms. The zero-order valence-corrected chi connectivity index (χ0v) is 13.7. The second-order valence-corrected chi connectivity index (χ2v) is 7.19. The SMILES string of the molecule is CCCNC(CCc1sccc1Br)C1CCCC1.